The molecule has 26 heavy (non-hydrogen) atoms. The fourth-order valence-electron chi connectivity index (χ4n) is 2.14. The lowest BCUT2D eigenvalue weighted by Gasteiger charge is -2.15. The average Bonchev–Trinajstić information content (AvgIpc) is 2.58. The second kappa shape index (κ2) is 8.98. The Morgan fingerprint density at radius 1 is 1.08 bits per heavy atom. The molecule has 2 aromatic rings. The molecule has 2 aromatic carbocycles. The Kier molecular flexibility index (Phi) is 6.97. The minimum atomic E-state index is -0.447. The Balaban J connectivity index is 2.09. The van der Waals surface area contributed by atoms with Crippen LogP contribution in [0.3, 0.4) is 0 Å². The lowest BCUT2D eigenvalue weighted by Crippen LogP contribution is -2.34. The highest BCUT2D eigenvalue weighted by atomic mass is 35.5. The quantitative estimate of drug-likeness (QED) is 0.635. The third-order valence-electron chi connectivity index (χ3n) is 3.58. The molecule has 2 rings (SSSR count). The first-order chi connectivity index (χ1) is 12.3. The summed E-state index contributed by atoms with van der Waals surface area (Å²) >= 11 is 17.1. The molecule has 0 bridgehead atoms. The van der Waals surface area contributed by atoms with Gasteiger partial charge in [-0.05, 0) is 55.0 Å². The number of hydrogen-bond acceptors (Lipinski definition) is 3. The van der Waals surface area contributed by atoms with Gasteiger partial charge < -0.3 is 10.6 Å². The molecule has 0 radical (unpaired) electrons. The lowest BCUT2D eigenvalue weighted by molar-refractivity contribution is -0.115. The molecule has 2 amide bonds. The van der Waals surface area contributed by atoms with Crippen LogP contribution in [0.4, 0.5) is 11.4 Å². The van der Waals surface area contributed by atoms with Crippen molar-refractivity contribution >= 4 is 63.7 Å². The summed E-state index contributed by atoms with van der Waals surface area (Å²) in [4.78, 5) is 23.9. The fourth-order valence-corrected chi connectivity index (χ4v) is 2.84. The zero-order valence-electron chi connectivity index (χ0n) is 14.2. The van der Waals surface area contributed by atoms with Crippen LogP contribution in [-0.2, 0) is 4.79 Å². The van der Waals surface area contributed by atoms with E-state index in [2.05, 4.69) is 16.0 Å². The van der Waals surface area contributed by atoms with Gasteiger partial charge in [-0.3, -0.25) is 14.9 Å². The van der Waals surface area contributed by atoms with Crippen LogP contribution >= 0.6 is 35.4 Å². The zero-order chi connectivity index (χ0) is 19.3. The first-order valence-electron chi connectivity index (χ1n) is 7.78. The van der Waals surface area contributed by atoms with Crippen LogP contribution in [-0.4, -0.2) is 16.9 Å². The Bertz CT molecular complexity index is 872. The van der Waals surface area contributed by atoms with Crippen molar-refractivity contribution in [2.45, 2.75) is 20.3 Å². The molecule has 0 aliphatic rings. The third-order valence-corrected chi connectivity index (χ3v) is 4.33. The highest BCUT2D eigenvalue weighted by molar-refractivity contribution is 7.80. The van der Waals surface area contributed by atoms with E-state index >= 15 is 0 Å². The number of hydrogen-bond donors (Lipinski definition) is 3. The molecule has 3 N–H and O–H groups in total. The van der Waals surface area contributed by atoms with E-state index in [0.29, 0.717) is 22.8 Å². The molecule has 0 fully saturated rings. The van der Waals surface area contributed by atoms with E-state index in [1.54, 1.807) is 31.2 Å². The number of nitrogens with one attached hydrogen (secondary N) is 3. The van der Waals surface area contributed by atoms with Gasteiger partial charge >= 0.3 is 0 Å². The molecule has 0 atom stereocenters. The molecule has 5 nitrogen and oxygen atoms in total. The van der Waals surface area contributed by atoms with Crippen molar-refractivity contribution in [2.24, 2.45) is 0 Å². The predicted octanol–water partition coefficient (Wildman–Crippen LogP) is 4.78. The largest absolute Gasteiger partial charge is 0.332 e. The number of benzene rings is 2. The Morgan fingerprint density at radius 2 is 1.73 bits per heavy atom. The van der Waals surface area contributed by atoms with E-state index in [9.17, 15) is 9.59 Å². The maximum atomic E-state index is 12.3. The van der Waals surface area contributed by atoms with E-state index in [4.69, 9.17) is 35.4 Å². The van der Waals surface area contributed by atoms with Gasteiger partial charge in [-0.2, -0.15) is 0 Å². The molecule has 0 aliphatic carbocycles. The first kappa shape index (κ1) is 20.2. The monoisotopic (exact) mass is 409 g/mol. The van der Waals surface area contributed by atoms with Crippen molar-refractivity contribution in [1.29, 1.82) is 0 Å². The summed E-state index contributed by atoms with van der Waals surface area (Å²) in [7, 11) is 0. The summed E-state index contributed by atoms with van der Waals surface area (Å²) in [5.41, 5.74) is 2.42. The molecule has 0 heterocycles. The summed E-state index contributed by atoms with van der Waals surface area (Å²) in [6, 6.07) is 9.95. The van der Waals surface area contributed by atoms with Crippen LogP contribution in [0.1, 0.15) is 29.3 Å². The topological polar surface area (TPSA) is 70.2 Å². The second-order valence-corrected chi connectivity index (χ2v) is 6.66. The highest BCUT2D eigenvalue weighted by Gasteiger charge is 2.13. The standard InChI is InChI=1S/C18H17Cl2N3O2S/c1-3-16(24)21-14-5-4-6-15(10(14)2)22-18(26)23-17(25)12-8-7-11(19)9-13(12)20/h4-9H,3H2,1-2H3,(H,21,24)(H2,22,23,25,26). The van der Waals surface area contributed by atoms with E-state index in [0.717, 1.165) is 5.56 Å². The van der Waals surface area contributed by atoms with Crippen LogP contribution in [0.15, 0.2) is 36.4 Å². The molecule has 8 heteroatoms. The molecule has 0 saturated carbocycles. The highest BCUT2D eigenvalue weighted by Crippen LogP contribution is 2.24. The number of thiocarbonyl (C=S) groups is 1. The van der Waals surface area contributed by atoms with E-state index in [-0.39, 0.29) is 21.6 Å². The van der Waals surface area contributed by atoms with Gasteiger partial charge in [0.2, 0.25) is 5.91 Å². The van der Waals surface area contributed by atoms with E-state index in [1.807, 2.05) is 6.92 Å². The molecule has 0 aromatic heterocycles. The van der Waals surface area contributed by atoms with Gasteiger partial charge in [-0.1, -0.05) is 36.2 Å². The number of rotatable bonds is 4. The summed E-state index contributed by atoms with van der Waals surface area (Å²) in [5, 5.41) is 9.12. The predicted molar refractivity (Wildman–Crippen MR) is 110 cm³/mol. The minimum Gasteiger partial charge on any atom is -0.332 e. The van der Waals surface area contributed by atoms with Gasteiger partial charge in [0, 0.05) is 22.8 Å². The van der Waals surface area contributed by atoms with Crippen molar-refractivity contribution in [3.63, 3.8) is 0 Å². The SMILES string of the molecule is CCC(=O)Nc1cccc(NC(=S)NC(=O)c2ccc(Cl)cc2Cl)c1C. The van der Waals surface area contributed by atoms with Gasteiger partial charge in [-0.15, -0.1) is 0 Å². The number of carbonyl (C=O) groups is 2. The molecule has 136 valence electrons. The summed E-state index contributed by atoms with van der Waals surface area (Å²) in [6.45, 7) is 3.62. The zero-order valence-corrected chi connectivity index (χ0v) is 16.5. The molecule has 0 saturated heterocycles. The summed E-state index contributed by atoms with van der Waals surface area (Å²) in [6.07, 6.45) is 0.382. The number of carbonyl (C=O) groups excluding carboxylic acids is 2. The molecule has 0 unspecified atom stereocenters. The van der Waals surface area contributed by atoms with Crippen molar-refractivity contribution < 1.29 is 9.59 Å². The van der Waals surface area contributed by atoms with Crippen LogP contribution in [0.2, 0.25) is 10.0 Å². The van der Waals surface area contributed by atoms with Crippen molar-refractivity contribution in [2.75, 3.05) is 10.6 Å². The third kappa shape index (κ3) is 5.17. The number of anilines is 2. The van der Waals surface area contributed by atoms with Gasteiger partial charge in [0.05, 0.1) is 10.6 Å². The van der Waals surface area contributed by atoms with Crippen LogP contribution in [0.5, 0.6) is 0 Å². The second-order valence-electron chi connectivity index (χ2n) is 5.41. The Morgan fingerprint density at radius 3 is 2.35 bits per heavy atom. The Hall–Kier alpha value is -2.15. The first-order valence-corrected chi connectivity index (χ1v) is 8.95. The number of amides is 2. The summed E-state index contributed by atoms with van der Waals surface area (Å²) in [5.74, 6) is -0.532. The Labute approximate surface area is 167 Å². The maximum absolute atomic E-state index is 12.3. The smallest absolute Gasteiger partial charge is 0.258 e. The molecular weight excluding hydrogens is 393 g/mol. The lowest BCUT2D eigenvalue weighted by atomic mass is 10.1. The van der Waals surface area contributed by atoms with Gasteiger partial charge in [0.1, 0.15) is 0 Å². The van der Waals surface area contributed by atoms with Gasteiger partial charge in [0.25, 0.3) is 5.91 Å². The summed E-state index contributed by atoms with van der Waals surface area (Å²) < 4.78 is 0. The number of halogens is 2. The van der Waals surface area contributed by atoms with Crippen molar-refractivity contribution in [1.82, 2.24) is 5.32 Å². The molecular formula is C18H17Cl2N3O2S. The maximum Gasteiger partial charge on any atom is 0.258 e. The molecule has 0 spiro atoms. The van der Waals surface area contributed by atoms with Crippen LogP contribution in [0.25, 0.3) is 0 Å². The van der Waals surface area contributed by atoms with E-state index < -0.39 is 5.91 Å². The van der Waals surface area contributed by atoms with Gasteiger partial charge in [0.15, 0.2) is 5.11 Å². The van der Waals surface area contributed by atoms with Crippen LogP contribution in [0, 0.1) is 6.92 Å². The minimum absolute atomic E-state index is 0.0847. The normalized spacial score (nSPS) is 10.2. The van der Waals surface area contributed by atoms with Gasteiger partial charge in [-0.25, -0.2) is 0 Å². The average molecular weight is 410 g/mol. The molecule has 0 aliphatic heterocycles. The fraction of sp³-hybridized carbons (Fsp3) is 0.167. The van der Waals surface area contributed by atoms with Crippen LogP contribution < -0.4 is 16.0 Å². The van der Waals surface area contributed by atoms with Crippen molar-refractivity contribution in [3.05, 3.63) is 57.6 Å². The van der Waals surface area contributed by atoms with Crippen molar-refractivity contribution in [3.8, 4) is 0 Å². The van der Waals surface area contributed by atoms with E-state index in [1.165, 1.54) is 12.1 Å².